The minimum Gasteiger partial charge on any atom is -0.478 e. The van der Waals surface area contributed by atoms with Gasteiger partial charge in [-0.1, -0.05) is 6.42 Å². The van der Waals surface area contributed by atoms with Crippen LogP contribution in [0.4, 0.5) is 5.82 Å². The third kappa shape index (κ3) is 2.67. The maximum absolute atomic E-state index is 11.3. The van der Waals surface area contributed by atoms with Crippen LogP contribution < -0.4 is 5.32 Å². The number of halogens is 1. The number of nitrogens with one attached hydrogen (secondary N) is 1. The molecule has 2 unspecified atom stereocenters. The van der Waals surface area contributed by atoms with Gasteiger partial charge in [-0.2, -0.15) is 0 Å². The van der Waals surface area contributed by atoms with E-state index in [4.69, 9.17) is 0 Å². The molecule has 0 radical (unpaired) electrons. The van der Waals surface area contributed by atoms with E-state index in [1.807, 2.05) is 0 Å². The van der Waals surface area contributed by atoms with E-state index in [0.717, 1.165) is 13.0 Å². The summed E-state index contributed by atoms with van der Waals surface area (Å²) < 4.78 is 0.686. The Morgan fingerprint density at radius 2 is 2.25 bits per heavy atom. The Labute approximate surface area is 126 Å². The second kappa shape index (κ2) is 5.69. The number of rotatable bonds is 3. The van der Waals surface area contributed by atoms with Gasteiger partial charge in [0.1, 0.15) is 11.4 Å². The SMILES string of the molecule is O=C(O)c1cc(Br)cnc1NC1CCN2CCCCC12. The molecule has 0 spiro atoms. The number of piperidine rings is 1. The van der Waals surface area contributed by atoms with E-state index < -0.39 is 5.97 Å². The fourth-order valence-electron chi connectivity index (χ4n) is 3.31. The molecule has 2 aliphatic rings. The monoisotopic (exact) mass is 339 g/mol. The molecule has 3 rings (SSSR count). The second-order valence-corrected chi connectivity index (χ2v) is 6.41. The molecular formula is C14H18BrN3O2. The third-order valence-electron chi connectivity index (χ3n) is 4.26. The first-order chi connectivity index (χ1) is 9.65. The topological polar surface area (TPSA) is 65.5 Å². The van der Waals surface area contributed by atoms with Gasteiger partial charge in [0.25, 0.3) is 0 Å². The highest BCUT2D eigenvalue weighted by atomic mass is 79.9. The predicted octanol–water partition coefficient (Wildman–Crippen LogP) is 2.58. The van der Waals surface area contributed by atoms with Crippen molar-refractivity contribution in [1.82, 2.24) is 9.88 Å². The molecule has 1 aromatic rings. The molecular weight excluding hydrogens is 322 g/mol. The zero-order valence-corrected chi connectivity index (χ0v) is 12.8. The van der Waals surface area contributed by atoms with Crippen molar-refractivity contribution >= 4 is 27.7 Å². The van der Waals surface area contributed by atoms with E-state index >= 15 is 0 Å². The summed E-state index contributed by atoms with van der Waals surface area (Å²) in [5, 5.41) is 12.6. The van der Waals surface area contributed by atoms with Crippen molar-refractivity contribution in [2.75, 3.05) is 18.4 Å². The number of carboxylic acid groups (broad SMARTS) is 1. The smallest absolute Gasteiger partial charge is 0.339 e. The summed E-state index contributed by atoms with van der Waals surface area (Å²) in [4.78, 5) is 18.1. The van der Waals surface area contributed by atoms with Gasteiger partial charge in [0.15, 0.2) is 0 Å². The molecule has 2 fully saturated rings. The quantitative estimate of drug-likeness (QED) is 0.885. The van der Waals surface area contributed by atoms with Crippen LogP contribution in [0.25, 0.3) is 0 Å². The van der Waals surface area contributed by atoms with Crippen molar-refractivity contribution in [2.24, 2.45) is 0 Å². The molecule has 2 saturated heterocycles. The Balaban J connectivity index is 1.79. The molecule has 0 saturated carbocycles. The zero-order chi connectivity index (χ0) is 14.1. The van der Waals surface area contributed by atoms with E-state index in [-0.39, 0.29) is 5.56 Å². The molecule has 0 amide bonds. The lowest BCUT2D eigenvalue weighted by atomic mass is 9.99. The second-order valence-electron chi connectivity index (χ2n) is 5.49. The summed E-state index contributed by atoms with van der Waals surface area (Å²) in [6.45, 7) is 2.27. The highest BCUT2D eigenvalue weighted by Crippen LogP contribution is 2.30. The summed E-state index contributed by atoms with van der Waals surface area (Å²) in [5.41, 5.74) is 0.230. The number of carboxylic acids is 1. The summed E-state index contributed by atoms with van der Waals surface area (Å²) in [5.74, 6) is -0.460. The van der Waals surface area contributed by atoms with Crippen LogP contribution in [0.3, 0.4) is 0 Å². The van der Waals surface area contributed by atoms with Gasteiger partial charge in [-0.25, -0.2) is 9.78 Å². The number of pyridine rings is 1. The number of aromatic carboxylic acids is 1. The summed E-state index contributed by atoms with van der Waals surface area (Å²) >= 11 is 3.27. The van der Waals surface area contributed by atoms with Gasteiger partial charge in [0.2, 0.25) is 0 Å². The molecule has 0 aromatic carbocycles. The Hall–Kier alpha value is -1.14. The molecule has 108 valence electrons. The van der Waals surface area contributed by atoms with Crippen LogP contribution in [0, 0.1) is 0 Å². The van der Waals surface area contributed by atoms with E-state index in [1.165, 1.54) is 25.8 Å². The van der Waals surface area contributed by atoms with Crippen LogP contribution in [0.5, 0.6) is 0 Å². The van der Waals surface area contributed by atoms with Gasteiger partial charge in [-0.15, -0.1) is 0 Å². The fraction of sp³-hybridized carbons (Fsp3) is 0.571. The van der Waals surface area contributed by atoms with Crippen molar-refractivity contribution < 1.29 is 9.90 Å². The third-order valence-corrected chi connectivity index (χ3v) is 4.70. The number of anilines is 1. The summed E-state index contributed by atoms with van der Waals surface area (Å²) in [6, 6.07) is 2.43. The van der Waals surface area contributed by atoms with Crippen LogP contribution >= 0.6 is 15.9 Å². The van der Waals surface area contributed by atoms with Crippen molar-refractivity contribution in [3.8, 4) is 0 Å². The largest absolute Gasteiger partial charge is 0.478 e. The molecule has 5 nitrogen and oxygen atoms in total. The lowest BCUT2D eigenvalue weighted by molar-refractivity contribution is 0.0697. The van der Waals surface area contributed by atoms with Gasteiger partial charge in [-0.05, 0) is 47.8 Å². The Morgan fingerprint density at radius 3 is 3.05 bits per heavy atom. The fourth-order valence-corrected chi connectivity index (χ4v) is 3.64. The van der Waals surface area contributed by atoms with Crippen molar-refractivity contribution in [3.05, 3.63) is 22.3 Å². The maximum atomic E-state index is 11.3. The number of nitrogens with zero attached hydrogens (tertiary/aromatic N) is 2. The zero-order valence-electron chi connectivity index (χ0n) is 11.2. The molecule has 0 bridgehead atoms. The Morgan fingerprint density at radius 1 is 1.40 bits per heavy atom. The average molecular weight is 340 g/mol. The summed E-state index contributed by atoms with van der Waals surface area (Å²) in [7, 11) is 0. The molecule has 2 aliphatic heterocycles. The van der Waals surface area contributed by atoms with E-state index in [0.29, 0.717) is 22.4 Å². The molecule has 1 aromatic heterocycles. The van der Waals surface area contributed by atoms with Crippen LogP contribution in [0.1, 0.15) is 36.0 Å². The maximum Gasteiger partial charge on any atom is 0.339 e. The number of hydrogen-bond acceptors (Lipinski definition) is 4. The van der Waals surface area contributed by atoms with E-state index in [9.17, 15) is 9.90 Å². The molecule has 0 aliphatic carbocycles. The minimum absolute atomic E-state index is 0.230. The van der Waals surface area contributed by atoms with Gasteiger partial charge in [0, 0.05) is 29.3 Å². The summed E-state index contributed by atoms with van der Waals surface area (Å²) in [6.07, 6.45) is 6.43. The number of fused-ring (bicyclic) bond motifs is 1. The van der Waals surface area contributed by atoms with Gasteiger partial charge >= 0.3 is 5.97 Å². The highest BCUT2D eigenvalue weighted by molar-refractivity contribution is 9.10. The predicted molar refractivity (Wildman–Crippen MR) is 80.1 cm³/mol. The first kappa shape index (κ1) is 13.8. The number of aromatic nitrogens is 1. The Kier molecular flexibility index (Phi) is 3.94. The van der Waals surface area contributed by atoms with Crippen LogP contribution in [-0.2, 0) is 0 Å². The molecule has 2 N–H and O–H groups in total. The normalized spacial score (nSPS) is 26.2. The first-order valence-corrected chi connectivity index (χ1v) is 7.84. The van der Waals surface area contributed by atoms with E-state index in [1.54, 1.807) is 12.3 Å². The van der Waals surface area contributed by atoms with Gasteiger partial charge < -0.3 is 10.4 Å². The molecule has 6 heteroatoms. The first-order valence-electron chi connectivity index (χ1n) is 7.04. The van der Waals surface area contributed by atoms with E-state index in [2.05, 4.69) is 31.1 Å². The molecule has 20 heavy (non-hydrogen) atoms. The van der Waals surface area contributed by atoms with Crippen molar-refractivity contribution in [3.63, 3.8) is 0 Å². The lowest BCUT2D eigenvalue weighted by Gasteiger charge is -2.32. The number of hydrogen-bond donors (Lipinski definition) is 2. The van der Waals surface area contributed by atoms with Crippen molar-refractivity contribution in [2.45, 2.75) is 37.8 Å². The van der Waals surface area contributed by atoms with Crippen LogP contribution in [0.2, 0.25) is 0 Å². The lowest BCUT2D eigenvalue weighted by Crippen LogP contribution is -2.42. The van der Waals surface area contributed by atoms with Crippen LogP contribution in [0.15, 0.2) is 16.7 Å². The Bertz CT molecular complexity index is 523. The minimum atomic E-state index is -0.945. The molecule has 3 heterocycles. The molecule has 2 atom stereocenters. The average Bonchev–Trinajstić information content (AvgIpc) is 2.84. The van der Waals surface area contributed by atoms with Gasteiger partial charge in [0.05, 0.1) is 0 Å². The highest BCUT2D eigenvalue weighted by Gasteiger charge is 2.36. The van der Waals surface area contributed by atoms with Gasteiger partial charge in [-0.3, -0.25) is 4.90 Å². The van der Waals surface area contributed by atoms with Crippen LogP contribution in [-0.4, -0.2) is 46.1 Å². The number of carbonyl (C=O) groups is 1. The standard InChI is InChI=1S/C14H18BrN3O2/c15-9-7-10(14(19)20)13(16-8-9)17-11-4-6-18-5-2-1-3-12(11)18/h7-8,11-12H,1-6H2,(H,16,17)(H,19,20). The van der Waals surface area contributed by atoms with Crippen molar-refractivity contribution in [1.29, 1.82) is 0 Å².